The number of amides is 1. The number of fused-ring (bicyclic) bond motifs is 4. The fourth-order valence-electron chi connectivity index (χ4n) is 4.53. The van der Waals surface area contributed by atoms with Crippen LogP contribution in [0.1, 0.15) is 34.8 Å². The molecule has 2 aromatic carbocycles. The first-order chi connectivity index (χ1) is 15.1. The van der Waals surface area contributed by atoms with Crippen LogP contribution in [0.2, 0.25) is 5.02 Å². The molecule has 0 saturated heterocycles. The predicted octanol–water partition coefficient (Wildman–Crippen LogP) is 6.48. The van der Waals surface area contributed by atoms with E-state index >= 15 is 0 Å². The fourth-order valence-corrected chi connectivity index (χ4v) is 6.02. The minimum atomic E-state index is -0.379. The van der Waals surface area contributed by atoms with Crippen molar-refractivity contribution >= 4 is 39.2 Å². The predicted molar refractivity (Wildman–Crippen MR) is 124 cm³/mol. The van der Waals surface area contributed by atoms with Crippen molar-refractivity contribution in [3.63, 3.8) is 0 Å². The Bertz CT molecular complexity index is 1280. The number of nitrogens with zero attached hydrogens (tertiary/aromatic N) is 1. The number of thiophene rings is 1. The summed E-state index contributed by atoms with van der Waals surface area (Å²) in [6.45, 7) is 0.315. The summed E-state index contributed by atoms with van der Waals surface area (Å²) in [4.78, 5) is 18.2. The average Bonchev–Trinajstić information content (AvgIpc) is 3.29. The van der Waals surface area contributed by atoms with E-state index in [1.807, 2.05) is 18.2 Å². The highest BCUT2D eigenvalue weighted by Gasteiger charge is 2.48. The second-order valence-electron chi connectivity index (χ2n) is 8.15. The van der Waals surface area contributed by atoms with Crippen molar-refractivity contribution < 1.29 is 9.53 Å². The Morgan fingerprint density at radius 1 is 1.10 bits per heavy atom. The summed E-state index contributed by atoms with van der Waals surface area (Å²) in [6.07, 6.45) is 3.11. The maximum absolute atomic E-state index is 12.8. The van der Waals surface area contributed by atoms with E-state index in [0.717, 1.165) is 27.9 Å². The van der Waals surface area contributed by atoms with Gasteiger partial charge in [0, 0.05) is 17.0 Å². The van der Waals surface area contributed by atoms with E-state index in [1.54, 1.807) is 23.6 Å². The van der Waals surface area contributed by atoms with Crippen LogP contribution in [0.15, 0.2) is 66.9 Å². The minimum absolute atomic E-state index is 0.0561. The standard InChI is InChI=1S/C25H19ClN2O2S/c26-20-9-12-27-21-13-22(31-23(20)21)25(10-11-25)28-24(29)30-14-19-17-7-3-1-5-15(17)16-6-2-4-8-18(16)19/h1-9,12-13,19H,10-11,14H2,(H,28,29). The molecule has 1 fully saturated rings. The van der Waals surface area contributed by atoms with Crippen molar-refractivity contribution in [3.05, 3.63) is 87.9 Å². The van der Waals surface area contributed by atoms with E-state index in [1.165, 1.54) is 22.3 Å². The van der Waals surface area contributed by atoms with Gasteiger partial charge in [0.05, 0.1) is 20.8 Å². The quantitative estimate of drug-likeness (QED) is 0.390. The lowest BCUT2D eigenvalue weighted by Gasteiger charge is -2.18. The van der Waals surface area contributed by atoms with Crippen molar-refractivity contribution in [2.75, 3.05) is 6.61 Å². The van der Waals surface area contributed by atoms with Gasteiger partial charge in [-0.3, -0.25) is 4.98 Å². The Morgan fingerprint density at radius 3 is 2.42 bits per heavy atom. The Hall–Kier alpha value is -2.89. The summed E-state index contributed by atoms with van der Waals surface area (Å²) in [5.41, 5.74) is 5.37. The molecule has 4 nitrogen and oxygen atoms in total. The number of halogens is 1. The number of carbonyl (C=O) groups is 1. The minimum Gasteiger partial charge on any atom is -0.449 e. The summed E-state index contributed by atoms with van der Waals surface area (Å²) < 4.78 is 6.71. The van der Waals surface area contributed by atoms with E-state index in [9.17, 15) is 4.79 Å². The molecule has 0 spiro atoms. The van der Waals surface area contributed by atoms with Crippen molar-refractivity contribution in [1.82, 2.24) is 10.3 Å². The topological polar surface area (TPSA) is 51.2 Å². The second kappa shape index (κ2) is 7.08. The molecule has 31 heavy (non-hydrogen) atoms. The van der Waals surface area contributed by atoms with Crippen LogP contribution in [-0.2, 0) is 10.3 Å². The van der Waals surface area contributed by atoms with Gasteiger partial charge in [-0.1, -0.05) is 60.1 Å². The molecule has 6 rings (SSSR count). The van der Waals surface area contributed by atoms with Gasteiger partial charge in [0.1, 0.15) is 6.61 Å². The number of rotatable bonds is 4. The van der Waals surface area contributed by atoms with Gasteiger partial charge in [-0.2, -0.15) is 0 Å². The van der Waals surface area contributed by atoms with Crippen LogP contribution >= 0.6 is 22.9 Å². The van der Waals surface area contributed by atoms with Gasteiger partial charge in [-0.25, -0.2) is 4.79 Å². The molecule has 0 radical (unpaired) electrons. The highest BCUT2D eigenvalue weighted by molar-refractivity contribution is 7.19. The number of benzene rings is 2. The molecule has 2 aliphatic rings. The zero-order valence-electron chi connectivity index (χ0n) is 16.6. The number of hydrogen-bond donors (Lipinski definition) is 1. The Balaban J connectivity index is 1.20. The molecule has 1 N–H and O–H groups in total. The lowest BCUT2D eigenvalue weighted by molar-refractivity contribution is 0.138. The van der Waals surface area contributed by atoms with Crippen molar-refractivity contribution in [2.45, 2.75) is 24.3 Å². The molecular formula is C25H19ClN2O2S. The van der Waals surface area contributed by atoms with E-state index in [0.29, 0.717) is 11.6 Å². The first-order valence-corrected chi connectivity index (χ1v) is 11.5. The summed E-state index contributed by atoms with van der Waals surface area (Å²) in [5.74, 6) is 0.0561. The Kier molecular flexibility index (Phi) is 4.30. The third-order valence-corrected chi connectivity index (χ3v) is 8.06. The average molecular weight is 447 g/mol. The van der Waals surface area contributed by atoms with Crippen LogP contribution in [0.3, 0.4) is 0 Å². The summed E-state index contributed by atoms with van der Waals surface area (Å²) in [7, 11) is 0. The SMILES string of the molecule is O=C(NC1(c2cc3nccc(Cl)c3s2)CC1)OCC1c2ccccc2-c2ccccc21. The molecule has 0 unspecified atom stereocenters. The molecule has 2 heterocycles. The second-order valence-corrected chi connectivity index (χ2v) is 9.61. The van der Waals surface area contributed by atoms with Gasteiger partial charge < -0.3 is 10.1 Å². The van der Waals surface area contributed by atoms with Gasteiger partial charge in [0.25, 0.3) is 0 Å². The molecule has 154 valence electrons. The zero-order valence-corrected chi connectivity index (χ0v) is 18.2. The van der Waals surface area contributed by atoms with E-state index in [4.69, 9.17) is 16.3 Å². The maximum Gasteiger partial charge on any atom is 0.407 e. The van der Waals surface area contributed by atoms with Crippen molar-refractivity contribution in [2.24, 2.45) is 0 Å². The van der Waals surface area contributed by atoms with E-state index in [-0.39, 0.29) is 17.6 Å². The Morgan fingerprint density at radius 2 is 1.77 bits per heavy atom. The van der Waals surface area contributed by atoms with Crippen LogP contribution in [0.25, 0.3) is 21.3 Å². The molecule has 2 aliphatic carbocycles. The van der Waals surface area contributed by atoms with Gasteiger partial charge >= 0.3 is 6.09 Å². The van der Waals surface area contributed by atoms with Crippen molar-refractivity contribution in [3.8, 4) is 11.1 Å². The van der Waals surface area contributed by atoms with Gasteiger partial charge in [-0.05, 0) is 47.2 Å². The van der Waals surface area contributed by atoms with Gasteiger partial charge in [0.15, 0.2) is 0 Å². The molecule has 1 amide bonds. The number of aromatic nitrogens is 1. The van der Waals surface area contributed by atoms with Crippen LogP contribution in [0.4, 0.5) is 4.79 Å². The van der Waals surface area contributed by atoms with Gasteiger partial charge in [-0.15, -0.1) is 11.3 Å². The monoisotopic (exact) mass is 446 g/mol. The normalized spacial score (nSPS) is 16.0. The Labute approximate surface area is 188 Å². The summed E-state index contributed by atoms with van der Waals surface area (Å²) in [6, 6.07) is 20.5. The maximum atomic E-state index is 12.8. The smallest absolute Gasteiger partial charge is 0.407 e. The third-order valence-electron chi connectivity index (χ3n) is 6.27. The lowest BCUT2D eigenvalue weighted by atomic mass is 9.98. The van der Waals surface area contributed by atoms with Crippen molar-refractivity contribution in [1.29, 1.82) is 0 Å². The van der Waals surface area contributed by atoms with Gasteiger partial charge in [0.2, 0.25) is 0 Å². The molecule has 4 aromatic rings. The van der Waals surface area contributed by atoms with Crippen LogP contribution in [0, 0.1) is 0 Å². The first kappa shape index (κ1) is 18.8. The third kappa shape index (κ3) is 3.11. The van der Waals surface area contributed by atoms with E-state index in [2.05, 4.69) is 46.7 Å². The molecule has 0 bridgehead atoms. The van der Waals surface area contributed by atoms with Crippen LogP contribution < -0.4 is 5.32 Å². The molecule has 6 heteroatoms. The largest absolute Gasteiger partial charge is 0.449 e. The summed E-state index contributed by atoms with van der Waals surface area (Å²) in [5, 5.41) is 3.81. The molecule has 2 aromatic heterocycles. The summed E-state index contributed by atoms with van der Waals surface area (Å²) >= 11 is 7.91. The number of alkyl carbamates (subject to hydrolysis) is 1. The molecule has 1 saturated carbocycles. The number of pyridine rings is 1. The van der Waals surface area contributed by atoms with E-state index < -0.39 is 0 Å². The highest BCUT2D eigenvalue weighted by atomic mass is 35.5. The molecule has 0 atom stereocenters. The highest BCUT2D eigenvalue weighted by Crippen LogP contribution is 2.50. The fraction of sp³-hybridized carbons (Fsp3) is 0.200. The first-order valence-electron chi connectivity index (χ1n) is 10.3. The molecular weight excluding hydrogens is 428 g/mol. The van der Waals surface area contributed by atoms with Crippen LogP contribution in [0.5, 0.6) is 0 Å². The lowest BCUT2D eigenvalue weighted by Crippen LogP contribution is -2.35. The van der Waals surface area contributed by atoms with Crippen LogP contribution in [-0.4, -0.2) is 17.7 Å². The zero-order chi connectivity index (χ0) is 21.0. The number of nitrogens with one attached hydrogen (secondary N) is 1. The number of carbonyl (C=O) groups excluding carboxylic acids is 1. The number of ether oxygens (including phenoxy) is 1. The number of hydrogen-bond acceptors (Lipinski definition) is 4. The molecule has 0 aliphatic heterocycles.